The van der Waals surface area contributed by atoms with Crippen molar-refractivity contribution in [2.24, 2.45) is 0 Å². The molecule has 0 aromatic carbocycles. The maximum atomic E-state index is 12.2. The minimum Gasteiger partial charge on any atom is -0.360 e. The molecule has 23 heavy (non-hydrogen) atoms. The molecule has 2 N–H and O–H groups in total. The first-order valence-electron chi connectivity index (χ1n) is 7.89. The van der Waals surface area contributed by atoms with E-state index in [1.54, 1.807) is 6.07 Å². The highest BCUT2D eigenvalue weighted by Gasteiger charge is 2.30. The highest BCUT2D eigenvalue weighted by molar-refractivity contribution is 7.92. The second-order valence-electron chi connectivity index (χ2n) is 6.24. The average molecular weight is 339 g/mol. The van der Waals surface area contributed by atoms with E-state index in [1.165, 1.54) is 0 Å². The molecule has 2 aliphatic rings. The van der Waals surface area contributed by atoms with Gasteiger partial charge in [0.25, 0.3) is 5.91 Å². The van der Waals surface area contributed by atoms with Gasteiger partial charge in [0.05, 0.1) is 0 Å². The molecule has 0 bridgehead atoms. The van der Waals surface area contributed by atoms with E-state index < -0.39 is 10.0 Å². The summed E-state index contributed by atoms with van der Waals surface area (Å²) in [5.41, 5.74) is 0.321. The summed E-state index contributed by atoms with van der Waals surface area (Å²) in [7, 11) is -3.40. The molecular weight excluding hydrogens is 318 g/mol. The van der Waals surface area contributed by atoms with Crippen LogP contribution in [0, 0.1) is 0 Å². The predicted octanol–water partition coefficient (Wildman–Crippen LogP) is 1.66. The van der Waals surface area contributed by atoms with Gasteiger partial charge in [-0.25, -0.2) is 13.1 Å². The van der Waals surface area contributed by atoms with Crippen LogP contribution >= 0.6 is 0 Å². The Morgan fingerprint density at radius 2 is 1.87 bits per heavy atom. The molecule has 0 unspecified atom stereocenters. The Balaban J connectivity index is 1.48. The van der Waals surface area contributed by atoms with Gasteiger partial charge in [-0.05, 0) is 38.5 Å². The molecule has 1 aromatic heterocycles. The fourth-order valence-corrected chi connectivity index (χ4v) is 3.65. The minimum absolute atomic E-state index is 0.0352. The van der Waals surface area contributed by atoms with Crippen LogP contribution < -0.4 is 10.0 Å². The van der Waals surface area contributed by atoms with Gasteiger partial charge in [0.15, 0.2) is 5.69 Å². The van der Waals surface area contributed by atoms with Crippen LogP contribution in [0.5, 0.6) is 0 Å². The molecule has 3 rings (SSSR count). The Hall–Kier alpha value is -1.67. The standard InChI is InChI=1S/C15H21N3O4S/c1-2-23(20,21)18-12-7-5-11(6-8-12)16-15(19)13-9-14(22-17-13)10-3-4-10/h2,9-12,18H,1,3-8H2,(H,16,19)/t11-,12+. The lowest BCUT2D eigenvalue weighted by Gasteiger charge is -2.28. The molecular formula is C15H21N3O4S. The van der Waals surface area contributed by atoms with Crippen LogP contribution in [0.1, 0.15) is 60.7 Å². The molecule has 8 heteroatoms. The largest absolute Gasteiger partial charge is 0.360 e. The minimum atomic E-state index is -3.40. The molecule has 0 spiro atoms. The summed E-state index contributed by atoms with van der Waals surface area (Å²) in [6.45, 7) is 3.28. The van der Waals surface area contributed by atoms with Crippen LogP contribution in [-0.2, 0) is 10.0 Å². The number of carbonyl (C=O) groups excluding carboxylic acids is 1. The van der Waals surface area contributed by atoms with E-state index in [9.17, 15) is 13.2 Å². The summed E-state index contributed by atoms with van der Waals surface area (Å²) >= 11 is 0. The molecule has 2 fully saturated rings. The van der Waals surface area contributed by atoms with Crippen molar-refractivity contribution >= 4 is 15.9 Å². The molecule has 1 aromatic rings. The normalized spacial score (nSPS) is 25.0. The predicted molar refractivity (Wildman–Crippen MR) is 84.2 cm³/mol. The number of rotatable bonds is 6. The lowest BCUT2D eigenvalue weighted by atomic mass is 9.92. The number of hydrogen-bond donors (Lipinski definition) is 2. The van der Waals surface area contributed by atoms with Crippen LogP contribution in [-0.4, -0.2) is 31.6 Å². The number of aromatic nitrogens is 1. The van der Waals surface area contributed by atoms with Gasteiger partial charge >= 0.3 is 0 Å². The molecule has 0 saturated heterocycles. The van der Waals surface area contributed by atoms with E-state index in [-0.39, 0.29) is 18.0 Å². The third kappa shape index (κ3) is 4.20. The first-order chi connectivity index (χ1) is 11.0. The van der Waals surface area contributed by atoms with Gasteiger partial charge in [-0.1, -0.05) is 11.7 Å². The van der Waals surface area contributed by atoms with Crippen LogP contribution in [0.4, 0.5) is 0 Å². The van der Waals surface area contributed by atoms with Crippen LogP contribution in [0.15, 0.2) is 22.6 Å². The fourth-order valence-electron chi connectivity index (χ4n) is 2.85. The zero-order valence-corrected chi connectivity index (χ0v) is 13.6. The SMILES string of the molecule is C=CS(=O)(=O)N[C@H]1CC[C@@H](NC(=O)c2cc(C3CC3)on2)CC1. The highest BCUT2D eigenvalue weighted by atomic mass is 32.2. The molecule has 0 radical (unpaired) electrons. The number of nitrogens with zero attached hydrogens (tertiary/aromatic N) is 1. The maximum Gasteiger partial charge on any atom is 0.273 e. The van der Waals surface area contributed by atoms with Crippen molar-refractivity contribution in [3.63, 3.8) is 0 Å². The van der Waals surface area contributed by atoms with E-state index in [0.29, 0.717) is 24.5 Å². The van der Waals surface area contributed by atoms with Crippen molar-refractivity contribution in [2.75, 3.05) is 0 Å². The van der Waals surface area contributed by atoms with Gasteiger partial charge in [-0.3, -0.25) is 4.79 Å². The van der Waals surface area contributed by atoms with Crippen molar-refractivity contribution in [3.8, 4) is 0 Å². The zero-order valence-electron chi connectivity index (χ0n) is 12.8. The van der Waals surface area contributed by atoms with Gasteiger partial charge in [-0.2, -0.15) is 0 Å². The maximum absolute atomic E-state index is 12.2. The first kappa shape index (κ1) is 16.2. The third-order valence-electron chi connectivity index (χ3n) is 4.35. The zero-order chi connectivity index (χ0) is 16.4. The topological polar surface area (TPSA) is 101 Å². The van der Waals surface area contributed by atoms with E-state index >= 15 is 0 Å². The van der Waals surface area contributed by atoms with Crippen molar-refractivity contribution in [1.29, 1.82) is 0 Å². The number of amides is 1. The van der Waals surface area contributed by atoms with Crippen molar-refractivity contribution < 1.29 is 17.7 Å². The second kappa shape index (κ2) is 6.45. The molecule has 1 amide bonds. The molecule has 126 valence electrons. The summed E-state index contributed by atoms with van der Waals surface area (Å²) in [4.78, 5) is 12.2. The Morgan fingerprint density at radius 3 is 2.48 bits per heavy atom. The summed E-state index contributed by atoms with van der Waals surface area (Å²) < 4.78 is 30.7. The highest BCUT2D eigenvalue weighted by Crippen LogP contribution is 2.40. The lowest BCUT2D eigenvalue weighted by Crippen LogP contribution is -2.43. The van der Waals surface area contributed by atoms with E-state index in [1.807, 2.05) is 0 Å². The van der Waals surface area contributed by atoms with E-state index in [2.05, 4.69) is 21.8 Å². The lowest BCUT2D eigenvalue weighted by molar-refractivity contribution is 0.0916. The van der Waals surface area contributed by atoms with Gasteiger partial charge < -0.3 is 9.84 Å². The van der Waals surface area contributed by atoms with Crippen LogP contribution in [0.2, 0.25) is 0 Å². The monoisotopic (exact) mass is 339 g/mol. The molecule has 2 aliphatic carbocycles. The van der Waals surface area contributed by atoms with Gasteiger partial charge in [0.2, 0.25) is 10.0 Å². The van der Waals surface area contributed by atoms with Gasteiger partial charge in [0.1, 0.15) is 5.76 Å². The Bertz CT molecular complexity index is 685. The Kier molecular flexibility index (Phi) is 4.54. The fraction of sp³-hybridized carbons (Fsp3) is 0.600. The average Bonchev–Trinajstić information content (AvgIpc) is 3.26. The number of hydrogen-bond acceptors (Lipinski definition) is 5. The number of sulfonamides is 1. The number of nitrogens with one attached hydrogen (secondary N) is 2. The number of carbonyl (C=O) groups is 1. The molecule has 7 nitrogen and oxygen atoms in total. The summed E-state index contributed by atoms with van der Waals surface area (Å²) in [5.74, 6) is 0.992. The van der Waals surface area contributed by atoms with Crippen molar-refractivity contribution in [3.05, 3.63) is 29.5 Å². The van der Waals surface area contributed by atoms with Gasteiger partial charge in [0, 0.05) is 29.5 Å². The summed E-state index contributed by atoms with van der Waals surface area (Å²) in [6, 6.07) is 1.66. The summed E-state index contributed by atoms with van der Waals surface area (Å²) in [6.07, 6.45) is 5.02. The van der Waals surface area contributed by atoms with E-state index in [4.69, 9.17) is 4.52 Å². The molecule has 0 atom stereocenters. The third-order valence-corrected chi connectivity index (χ3v) is 5.45. The molecule has 1 heterocycles. The molecule has 0 aliphatic heterocycles. The van der Waals surface area contributed by atoms with Crippen molar-refractivity contribution in [1.82, 2.24) is 15.2 Å². The van der Waals surface area contributed by atoms with Gasteiger partial charge in [-0.15, -0.1) is 0 Å². The Labute approximate surface area is 135 Å². The second-order valence-corrected chi connectivity index (χ2v) is 7.90. The Morgan fingerprint density at radius 1 is 1.22 bits per heavy atom. The van der Waals surface area contributed by atoms with Crippen LogP contribution in [0.25, 0.3) is 0 Å². The van der Waals surface area contributed by atoms with Crippen molar-refractivity contribution in [2.45, 2.75) is 56.5 Å². The first-order valence-corrected chi connectivity index (χ1v) is 9.44. The smallest absolute Gasteiger partial charge is 0.273 e. The van der Waals surface area contributed by atoms with E-state index in [0.717, 1.165) is 36.9 Å². The molecule has 2 saturated carbocycles. The van der Waals surface area contributed by atoms with Crippen LogP contribution in [0.3, 0.4) is 0 Å². The quantitative estimate of drug-likeness (QED) is 0.821. The summed E-state index contributed by atoms with van der Waals surface area (Å²) in [5, 5.41) is 7.69.